The van der Waals surface area contributed by atoms with E-state index in [1.165, 1.54) is 6.92 Å². The molecular formula is C11H19FO5S. The average molecular weight is 282 g/mol. The Morgan fingerprint density at radius 2 is 1.94 bits per heavy atom. The van der Waals surface area contributed by atoms with Crippen LogP contribution < -0.4 is 0 Å². The molecule has 0 heterocycles. The molecule has 7 heteroatoms. The highest BCUT2D eigenvalue weighted by atomic mass is 32.2. The molecule has 1 aliphatic carbocycles. The Morgan fingerprint density at radius 3 is 2.39 bits per heavy atom. The summed E-state index contributed by atoms with van der Waals surface area (Å²) < 4.78 is 49.9. The van der Waals surface area contributed by atoms with Crippen LogP contribution in [0.4, 0.5) is 4.39 Å². The first-order valence-electron chi connectivity index (χ1n) is 6.18. The molecule has 0 aromatic rings. The van der Waals surface area contributed by atoms with Crippen LogP contribution in [-0.4, -0.2) is 30.0 Å². The molecule has 1 aliphatic rings. The van der Waals surface area contributed by atoms with Crippen molar-refractivity contribution < 1.29 is 26.9 Å². The number of hydrogen-bond acceptors (Lipinski definition) is 4. The molecule has 1 atom stereocenters. The summed E-state index contributed by atoms with van der Waals surface area (Å²) in [5, 5.41) is -3.33. The zero-order chi connectivity index (χ0) is 13.8. The topological polar surface area (TPSA) is 80.7 Å². The maximum atomic E-state index is 14.1. The van der Waals surface area contributed by atoms with E-state index in [0.29, 0.717) is 12.8 Å². The quantitative estimate of drug-likeness (QED) is 0.617. The number of alkyl halides is 1. The van der Waals surface area contributed by atoms with E-state index in [1.807, 2.05) is 0 Å². The lowest BCUT2D eigenvalue weighted by Crippen LogP contribution is -2.44. The molecule has 0 spiro atoms. The van der Waals surface area contributed by atoms with Gasteiger partial charge in [-0.25, -0.2) is 9.18 Å². The molecule has 0 aliphatic heterocycles. The van der Waals surface area contributed by atoms with Crippen LogP contribution in [0.5, 0.6) is 0 Å². The zero-order valence-electron chi connectivity index (χ0n) is 10.4. The summed E-state index contributed by atoms with van der Waals surface area (Å²) in [5.41, 5.74) is 0. The Morgan fingerprint density at radius 1 is 1.39 bits per heavy atom. The lowest BCUT2D eigenvalue weighted by molar-refractivity contribution is -0.159. The molecule has 1 unspecified atom stereocenters. The summed E-state index contributed by atoms with van der Waals surface area (Å²) in [6.45, 7) is 1.52. The second-order valence-electron chi connectivity index (χ2n) is 4.62. The summed E-state index contributed by atoms with van der Waals surface area (Å²) in [6, 6.07) is 0. The number of halogens is 1. The van der Waals surface area contributed by atoms with Crippen molar-refractivity contribution in [1.82, 2.24) is 0 Å². The van der Waals surface area contributed by atoms with Gasteiger partial charge in [0.15, 0.2) is 0 Å². The Labute approximate surface area is 106 Å². The number of ether oxygens (including phenoxy) is 1. The van der Waals surface area contributed by atoms with Gasteiger partial charge in [0.2, 0.25) is 0 Å². The molecule has 0 bridgehead atoms. The minimum atomic E-state index is -5.12. The molecule has 0 aromatic heterocycles. The van der Waals surface area contributed by atoms with Crippen LogP contribution in [0.2, 0.25) is 0 Å². The highest BCUT2D eigenvalue weighted by Crippen LogP contribution is 2.29. The van der Waals surface area contributed by atoms with Crippen molar-refractivity contribution in [2.24, 2.45) is 0 Å². The number of esters is 1. The van der Waals surface area contributed by atoms with Gasteiger partial charge in [-0.15, -0.1) is 0 Å². The Balaban J connectivity index is 2.77. The van der Waals surface area contributed by atoms with Crippen molar-refractivity contribution in [3.8, 4) is 0 Å². The van der Waals surface area contributed by atoms with Crippen LogP contribution in [0.25, 0.3) is 0 Å². The van der Waals surface area contributed by atoms with Crippen molar-refractivity contribution in [3.05, 3.63) is 0 Å². The van der Waals surface area contributed by atoms with Gasteiger partial charge in [-0.3, -0.25) is 4.55 Å². The number of rotatable bonds is 5. The van der Waals surface area contributed by atoms with Crippen molar-refractivity contribution in [1.29, 1.82) is 0 Å². The molecule has 1 N–H and O–H groups in total. The minimum Gasteiger partial charge on any atom is -0.459 e. The molecule has 1 rings (SSSR count). The third kappa shape index (κ3) is 3.41. The molecule has 1 saturated carbocycles. The fourth-order valence-electron chi connectivity index (χ4n) is 2.08. The van der Waals surface area contributed by atoms with Gasteiger partial charge < -0.3 is 4.74 Å². The van der Waals surface area contributed by atoms with Gasteiger partial charge in [0.05, 0.1) is 0 Å². The van der Waals surface area contributed by atoms with E-state index in [-0.39, 0.29) is 6.42 Å². The molecule has 0 saturated heterocycles. The standard InChI is InChI=1S/C11H19FO5S/c1-2-8-11(12,18(14,15)16)10(13)17-9-6-4-3-5-7-9/h9H,2-8H2,1H3,(H,14,15,16). The fraction of sp³-hybridized carbons (Fsp3) is 0.909. The molecule has 1 fully saturated rings. The van der Waals surface area contributed by atoms with Crippen LogP contribution in [0, 0.1) is 0 Å². The molecule has 0 amide bonds. The van der Waals surface area contributed by atoms with Crippen molar-refractivity contribution in [2.45, 2.75) is 63.0 Å². The van der Waals surface area contributed by atoms with Gasteiger partial charge in [-0.05, 0) is 25.7 Å². The third-order valence-corrected chi connectivity index (χ3v) is 4.30. The van der Waals surface area contributed by atoms with Crippen molar-refractivity contribution in [3.63, 3.8) is 0 Å². The summed E-state index contributed by atoms with van der Waals surface area (Å²) in [7, 11) is -5.12. The predicted molar refractivity (Wildman–Crippen MR) is 63.3 cm³/mol. The predicted octanol–water partition coefficient (Wildman–Crippen LogP) is 2.22. The molecule has 106 valence electrons. The summed E-state index contributed by atoms with van der Waals surface area (Å²) in [5.74, 6) is -1.49. The number of carbonyl (C=O) groups is 1. The molecule has 5 nitrogen and oxygen atoms in total. The zero-order valence-corrected chi connectivity index (χ0v) is 11.2. The second-order valence-corrected chi connectivity index (χ2v) is 6.22. The molecule has 18 heavy (non-hydrogen) atoms. The van der Waals surface area contributed by atoms with E-state index in [0.717, 1.165) is 19.3 Å². The second kappa shape index (κ2) is 5.97. The van der Waals surface area contributed by atoms with Gasteiger partial charge in [0.1, 0.15) is 6.10 Å². The minimum absolute atomic E-state index is 0.107. The lowest BCUT2D eigenvalue weighted by atomic mass is 9.98. The number of carbonyl (C=O) groups excluding carboxylic acids is 1. The van der Waals surface area contributed by atoms with E-state index in [2.05, 4.69) is 0 Å². The fourth-order valence-corrected chi connectivity index (χ4v) is 2.80. The number of hydrogen-bond donors (Lipinski definition) is 1. The van der Waals surface area contributed by atoms with Gasteiger partial charge in [-0.2, -0.15) is 8.42 Å². The van der Waals surface area contributed by atoms with Gasteiger partial charge >= 0.3 is 21.1 Å². The summed E-state index contributed by atoms with van der Waals surface area (Å²) in [6.07, 6.45) is 3.06. The average Bonchev–Trinajstić information content (AvgIpc) is 2.29. The van der Waals surface area contributed by atoms with Crippen LogP contribution in [0.15, 0.2) is 0 Å². The van der Waals surface area contributed by atoms with Crippen LogP contribution in [0.1, 0.15) is 51.9 Å². The van der Waals surface area contributed by atoms with E-state index in [9.17, 15) is 17.6 Å². The Kier molecular flexibility index (Phi) is 5.10. The Bertz CT molecular complexity index is 388. The third-order valence-electron chi connectivity index (χ3n) is 3.11. The van der Waals surface area contributed by atoms with E-state index >= 15 is 0 Å². The van der Waals surface area contributed by atoms with Crippen LogP contribution in [0.3, 0.4) is 0 Å². The van der Waals surface area contributed by atoms with E-state index in [1.54, 1.807) is 0 Å². The van der Waals surface area contributed by atoms with Crippen LogP contribution in [-0.2, 0) is 19.6 Å². The van der Waals surface area contributed by atoms with Gasteiger partial charge in [-0.1, -0.05) is 19.8 Å². The largest absolute Gasteiger partial charge is 0.459 e. The maximum Gasteiger partial charge on any atom is 0.362 e. The molecule has 0 radical (unpaired) electrons. The Hall–Kier alpha value is -0.690. The highest BCUT2D eigenvalue weighted by Gasteiger charge is 2.52. The van der Waals surface area contributed by atoms with Crippen molar-refractivity contribution >= 4 is 16.1 Å². The van der Waals surface area contributed by atoms with Gasteiger partial charge in [0, 0.05) is 6.42 Å². The SMILES string of the molecule is CCCC(F)(C(=O)OC1CCCCC1)S(=O)(=O)O. The highest BCUT2D eigenvalue weighted by molar-refractivity contribution is 7.87. The first kappa shape index (κ1) is 15.4. The van der Waals surface area contributed by atoms with Crippen LogP contribution >= 0.6 is 0 Å². The summed E-state index contributed by atoms with van der Waals surface area (Å²) >= 11 is 0. The first-order chi connectivity index (χ1) is 8.31. The smallest absolute Gasteiger partial charge is 0.362 e. The lowest BCUT2D eigenvalue weighted by Gasteiger charge is -2.26. The van der Waals surface area contributed by atoms with Gasteiger partial charge in [0.25, 0.3) is 0 Å². The van der Waals surface area contributed by atoms with E-state index in [4.69, 9.17) is 9.29 Å². The normalized spacial score (nSPS) is 21.3. The first-order valence-corrected chi connectivity index (χ1v) is 7.62. The van der Waals surface area contributed by atoms with Crippen molar-refractivity contribution in [2.75, 3.05) is 0 Å². The molecule has 0 aromatic carbocycles. The summed E-state index contributed by atoms with van der Waals surface area (Å²) in [4.78, 5) is 11.6. The maximum absolute atomic E-state index is 14.1. The van der Waals surface area contributed by atoms with E-state index < -0.39 is 33.6 Å². The monoisotopic (exact) mass is 282 g/mol. The molecular weight excluding hydrogens is 263 g/mol.